The summed E-state index contributed by atoms with van der Waals surface area (Å²) in [5.41, 5.74) is 4.06. The first-order chi connectivity index (χ1) is 15.4. The highest BCUT2D eigenvalue weighted by Gasteiger charge is 2.20. The summed E-state index contributed by atoms with van der Waals surface area (Å²) in [4.78, 5) is 8.40. The molecule has 4 rings (SSSR count). The number of aromatic nitrogens is 2. The van der Waals surface area contributed by atoms with Crippen molar-refractivity contribution in [2.24, 2.45) is 0 Å². The highest BCUT2D eigenvalue weighted by Crippen LogP contribution is 2.31. The minimum Gasteiger partial charge on any atom is -0.489 e. The predicted octanol–water partition coefficient (Wildman–Crippen LogP) is 2.53. The van der Waals surface area contributed by atoms with Gasteiger partial charge in [0.1, 0.15) is 11.9 Å². The number of nitrogens with zero attached hydrogens (tertiary/aromatic N) is 2. The van der Waals surface area contributed by atoms with Gasteiger partial charge in [-0.15, -0.1) is 0 Å². The molecule has 2 aromatic heterocycles. The number of aliphatic hydroxyl groups is 1. The van der Waals surface area contributed by atoms with E-state index >= 15 is 0 Å². The third-order valence-corrected chi connectivity index (χ3v) is 5.84. The molecular weight excluding hydrogens is 428 g/mol. The maximum atomic E-state index is 11.3. The Kier molecular flexibility index (Phi) is 6.69. The number of sulfonamides is 1. The third kappa shape index (κ3) is 5.82. The van der Waals surface area contributed by atoms with E-state index < -0.39 is 16.1 Å². The number of rotatable bonds is 8. The van der Waals surface area contributed by atoms with Gasteiger partial charge >= 0.3 is 0 Å². The highest BCUT2D eigenvalue weighted by atomic mass is 32.2. The van der Waals surface area contributed by atoms with E-state index in [0.29, 0.717) is 18.8 Å². The van der Waals surface area contributed by atoms with Crippen LogP contribution in [0.5, 0.6) is 5.75 Å². The zero-order valence-electron chi connectivity index (χ0n) is 17.7. The monoisotopic (exact) mass is 454 g/mol. The molecule has 0 saturated heterocycles. The van der Waals surface area contributed by atoms with Crippen molar-refractivity contribution in [1.29, 1.82) is 0 Å². The molecule has 0 saturated carbocycles. The number of aliphatic hydroxyl groups excluding tert-OH is 1. The molecule has 0 radical (unpaired) electrons. The minimum atomic E-state index is -3.33. The number of hydrogen-bond acceptors (Lipinski definition) is 7. The molecule has 1 aliphatic rings. The summed E-state index contributed by atoms with van der Waals surface area (Å²) in [7, 11) is -3.33. The number of pyridine rings is 2. The molecule has 2 atom stereocenters. The van der Waals surface area contributed by atoms with Gasteiger partial charge in [0.15, 0.2) is 0 Å². The molecule has 0 fully saturated rings. The largest absolute Gasteiger partial charge is 0.489 e. The maximum Gasteiger partial charge on any atom is 0.229 e. The average Bonchev–Trinajstić information content (AvgIpc) is 2.79. The van der Waals surface area contributed by atoms with Gasteiger partial charge in [-0.25, -0.2) is 8.42 Å². The van der Waals surface area contributed by atoms with Crippen molar-refractivity contribution >= 4 is 15.7 Å². The van der Waals surface area contributed by atoms with Crippen molar-refractivity contribution < 1.29 is 18.3 Å². The summed E-state index contributed by atoms with van der Waals surface area (Å²) >= 11 is 0. The number of fused-ring (bicyclic) bond motifs is 1. The second-order valence-electron chi connectivity index (χ2n) is 7.87. The normalized spacial score (nSPS) is 16.6. The van der Waals surface area contributed by atoms with Crippen molar-refractivity contribution in [1.82, 2.24) is 15.3 Å². The van der Waals surface area contributed by atoms with E-state index in [1.54, 1.807) is 24.5 Å². The SMILES string of the molecule is CS(=O)(=O)Nc1ccc(-c2ccc3c(c2)CC[C@H](CNC[C@H](O)c2cccnc2)O3)nc1. The van der Waals surface area contributed by atoms with Crippen LogP contribution in [0.15, 0.2) is 61.1 Å². The van der Waals surface area contributed by atoms with Crippen molar-refractivity contribution in [2.75, 3.05) is 24.1 Å². The molecule has 8 nitrogen and oxygen atoms in total. The summed E-state index contributed by atoms with van der Waals surface area (Å²) in [6, 6.07) is 13.1. The average molecular weight is 455 g/mol. The molecule has 3 aromatic rings. The molecule has 0 bridgehead atoms. The van der Waals surface area contributed by atoms with Gasteiger partial charge in [0.25, 0.3) is 0 Å². The van der Waals surface area contributed by atoms with Crippen LogP contribution in [0, 0.1) is 0 Å². The minimum absolute atomic E-state index is 0.0360. The summed E-state index contributed by atoms with van der Waals surface area (Å²) < 4.78 is 31.2. The van der Waals surface area contributed by atoms with Crippen LogP contribution in [0.25, 0.3) is 11.3 Å². The van der Waals surface area contributed by atoms with Crippen molar-refractivity contribution in [3.05, 3.63) is 72.2 Å². The lowest BCUT2D eigenvalue weighted by Crippen LogP contribution is -2.36. The molecule has 0 spiro atoms. The summed E-state index contributed by atoms with van der Waals surface area (Å²) in [5, 5.41) is 13.5. The maximum absolute atomic E-state index is 11.3. The third-order valence-electron chi connectivity index (χ3n) is 5.23. The van der Waals surface area contributed by atoms with Gasteiger partial charge in [-0.3, -0.25) is 14.7 Å². The fourth-order valence-corrected chi connectivity index (χ4v) is 4.21. The van der Waals surface area contributed by atoms with E-state index in [4.69, 9.17) is 4.74 Å². The van der Waals surface area contributed by atoms with E-state index in [1.165, 1.54) is 6.20 Å². The van der Waals surface area contributed by atoms with Crippen LogP contribution in [-0.4, -0.2) is 48.9 Å². The molecule has 0 aliphatic carbocycles. The Morgan fingerprint density at radius 1 is 1.22 bits per heavy atom. The van der Waals surface area contributed by atoms with Gasteiger partial charge < -0.3 is 15.2 Å². The molecule has 32 heavy (non-hydrogen) atoms. The van der Waals surface area contributed by atoms with E-state index in [1.807, 2.05) is 24.3 Å². The van der Waals surface area contributed by atoms with Crippen LogP contribution < -0.4 is 14.8 Å². The fourth-order valence-electron chi connectivity index (χ4n) is 3.66. The van der Waals surface area contributed by atoms with Gasteiger partial charge in [0.05, 0.1) is 29.9 Å². The van der Waals surface area contributed by atoms with Crippen molar-refractivity contribution in [3.8, 4) is 17.0 Å². The van der Waals surface area contributed by atoms with Crippen molar-refractivity contribution in [3.63, 3.8) is 0 Å². The molecule has 1 aliphatic heterocycles. The van der Waals surface area contributed by atoms with E-state index in [-0.39, 0.29) is 6.10 Å². The number of aryl methyl sites for hydroxylation is 1. The molecule has 3 N–H and O–H groups in total. The molecule has 9 heteroatoms. The first-order valence-electron chi connectivity index (χ1n) is 10.4. The van der Waals surface area contributed by atoms with Gasteiger partial charge in [0, 0.05) is 36.6 Å². The summed E-state index contributed by atoms with van der Waals surface area (Å²) in [6.07, 6.45) is 7.16. The lowest BCUT2D eigenvalue weighted by atomic mass is 9.98. The fraction of sp³-hybridized carbons (Fsp3) is 0.304. The van der Waals surface area contributed by atoms with E-state index in [0.717, 1.165) is 47.2 Å². The van der Waals surface area contributed by atoms with E-state index in [9.17, 15) is 13.5 Å². The number of ether oxygens (including phenoxy) is 1. The zero-order valence-corrected chi connectivity index (χ0v) is 18.5. The molecular formula is C23H26N4O4S. The second-order valence-corrected chi connectivity index (χ2v) is 9.62. The Morgan fingerprint density at radius 3 is 2.81 bits per heavy atom. The summed E-state index contributed by atoms with van der Waals surface area (Å²) in [6.45, 7) is 1.09. The van der Waals surface area contributed by atoms with Crippen LogP contribution in [-0.2, 0) is 16.4 Å². The lowest BCUT2D eigenvalue weighted by Gasteiger charge is -2.27. The Balaban J connectivity index is 1.33. The molecule has 1 aromatic carbocycles. The standard InChI is InChI=1S/C23H26N4O4S/c1-32(29,30)27-19-6-8-21(26-13-19)16-5-9-23-17(11-16)4-7-20(31-23)14-25-15-22(28)18-3-2-10-24-12-18/h2-3,5-6,8-13,20,22,25,27-28H,4,7,14-15H2,1H3/t20-,22+/m1/s1. The Labute approximate surface area is 187 Å². The van der Waals surface area contributed by atoms with Gasteiger partial charge in [-0.05, 0) is 54.8 Å². The van der Waals surface area contributed by atoms with Gasteiger partial charge in [-0.1, -0.05) is 6.07 Å². The number of benzene rings is 1. The van der Waals surface area contributed by atoms with Gasteiger partial charge in [-0.2, -0.15) is 0 Å². The second kappa shape index (κ2) is 9.64. The topological polar surface area (TPSA) is 113 Å². The van der Waals surface area contributed by atoms with Crippen LogP contribution in [0.4, 0.5) is 5.69 Å². The molecule has 0 amide bonds. The Bertz CT molecular complexity index is 1150. The summed E-state index contributed by atoms with van der Waals surface area (Å²) in [5.74, 6) is 0.856. The first kappa shape index (κ1) is 22.2. The van der Waals surface area contributed by atoms with Crippen LogP contribution in [0.2, 0.25) is 0 Å². The molecule has 0 unspecified atom stereocenters. The Hall–Kier alpha value is -3.01. The number of anilines is 1. The lowest BCUT2D eigenvalue weighted by molar-refractivity contribution is 0.146. The Morgan fingerprint density at radius 2 is 2.09 bits per heavy atom. The van der Waals surface area contributed by atoms with Crippen molar-refractivity contribution in [2.45, 2.75) is 25.0 Å². The zero-order chi connectivity index (χ0) is 22.6. The van der Waals surface area contributed by atoms with Crippen LogP contribution in [0.1, 0.15) is 23.7 Å². The first-order valence-corrected chi connectivity index (χ1v) is 12.3. The highest BCUT2D eigenvalue weighted by molar-refractivity contribution is 7.92. The van der Waals surface area contributed by atoms with Crippen LogP contribution >= 0.6 is 0 Å². The van der Waals surface area contributed by atoms with E-state index in [2.05, 4.69) is 26.1 Å². The smallest absolute Gasteiger partial charge is 0.229 e. The van der Waals surface area contributed by atoms with Gasteiger partial charge in [0.2, 0.25) is 10.0 Å². The molecule has 168 valence electrons. The predicted molar refractivity (Wildman–Crippen MR) is 123 cm³/mol. The number of nitrogens with one attached hydrogen (secondary N) is 2. The van der Waals surface area contributed by atoms with Crippen LogP contribution in [0.3, 0.4) is 0 Å². The molecule has 3 heterocycles. The quantitative estimate of drug-likeness (QED) is 0.479. The number of hydrogen-bond donors (Lipinski definition) is 3.